The van der Waals surface area contributed by atoms with Crippen LogP contribution in [0.15, 0.2) is 24.3 Å². The average Bonchev–Trinajstić information content (AvgIpc) is 2.47. The van der Waals surface area contributed by atoms with Crippen molar-refractivity contribution in [3.05, 3.63) is 35.4 Å². The molecule has 0 aromatic heterocycles. The quantitative estimate of drug-likeness (QED) is 0.737. The Morgan fingerprint density at radius 2 is 1.62 bits per heavy atom. The average molecular weight is 299 g/mol. The molecular weight excluding hydrogens is 277 g/mol. The van der Waals surface area contributed by atoms with Gasteiger partial charge in [0.2, 0.25) is 0 Å². The fourth-order valence-electron chi connectivity index (χ4n) is 2.57. The second kappa shape index (κ2) is 7.80. The molecule has 0 aliphatic carbocycles. The van der Waals surface area contributed by atoms with E-state index in [9.17, 15) is 13.2 Å². The molecule has 1 heterocycles. The Balaban J connectivity index is 1.62. The van der Waals surface area contributed by atoms with Crippen LogP contribution in [0, 0.1) is 0 Å². The highest BCUT2D eigenvalue weighted by atomic mass is 19.4. The van der Waals surface area contributed by atoms with Gasteiger partial charge in [-0.15, -0.1) is 0 Å². The van der Waals surface area contributed by atoms with E-state index in [1.165, 1.54) is 12.1 Å². The molecule has 0 atom stereocenters. The molecule has 2 nitrogen and oxygen atoms in total. The Labute approximate surface area is 124 Å². The van der Waals surface area contributed by atoms with Gasteiger partial charge < -0.3 is 4.90 Å². The summed E-state index contributed by atoms with van der Waals surface area (Å²) in [6.07, 6.45) is -0.0778. The first-order chi connectivity index (χ1) is 10.1. The summed E-state index contributed by atoms with van der Waals surface area (Å²) in [6.45, 7) is 5.15. The van der Waals surface area contributed by atoms with Gasteiger partial charge in [0.05, 0.1) is 5.56 Å². The van der Waals surface area contributed by atoms with Crippen LogP contribution in [-0.4, -0.2) is 37.6 Å². The Morgan fingerprint density at radius 3 is 2.24 bits per heavy atom. The van der Waals surface area contributed by atoms with Crippen molar-refractivity contribution >= 4 is 0 Å². The van der Waals surface area contributed by atoms with Crippen LogP contribution in [0.4, 0.5) is 13.2 Å². The van der Waals surface area contributed by atoms with Crippen LogP contribution in [0.3, 0.4) is 0 Å². The van der Waals surface area contributed by atoms with Crippen LogP contribution in [0.25, 0.3) is 0 Å². The van der Waals surface area contributed by atoms with Crippen molar-refractivity contribution in [1.82, 2.24) is 10.2 Å². The van der Waals surface area contributed by atoms with Gasteiger partial charge in [-0.25, -0.2) is 5.32 Å². The predicted molar refractivity (Wildman–Crippen MR) is 77.3 cm³/mol. The zero-order chi connectivity index (χ0) is 15.1. The van der Waals surface area contributed by atoms with Crippen molar-refractivity contribution in [3.8, 4) is 0 Å². The highest BCUT2D eigenvalue weighted by Gasteiger charge is 2.29. The topological polar surface area (TPSA) is 17.3 Å². The molecule has 1 radical (unpaired) electrons. The summed E-state index contributed by atoms with van der Waals surface area (Å²) in [7, 11) is 0. The Kier molecular flexibility index (Phi) is 6.06. The van der Waals surface area contributed by atoms with Gasteiger partial charge in [-0.1, -0.05) is 18.6 Å². The van der Waals surface area contributed by atoms with Crippen LogP contribution in [0.1, 0.15) is 30.4 Å². The van der Waals surface area contributed by atoms with Gasteiger partial charge >= 0.3 is 6.18 Å². The van der Waals surface area contributed by atoms with Crippen LogP contribution < -0.4 is 5.32 Å². The van der Waals surface area contributed by atoms with Gasteiger partial charge in [0, 0.05) is 26.2 Å². The van der Waals surface area contributed by atoms with E-state index in [2.05, 4.69) is 10.2 Å². The monoisotopic (exact) mass is 299 g/mol. The second-order valence-corrected chi connectivity index (χ2v) is 5.52. The molecule has 117 valence electrons. The SMILES string of the molecule is FC(F)(F)c1ccc(CCCCCN2CC[N]CC2)cc1. The highest BCUT2D eigenvalue weighted by Crippen LogP contribution is 2.29. The molecule has 1 aliphatic heterocycles. The Morgan fingerprint density at radius 1 is 0.952 bits per heavy atom. The number of alkyl halides is 3. The Bertz CT molecular complexity index is 409. The van der Waals surface area contributed by atoms with Crippen molar-refractivity contribution in [2.75, 3.05) is 32.7 Å². The lowest BCUT2D eigenvalue weighted by molar-refractivity contribution is -0.137. The second-order valence-electron chi connectivity index (χ2n) is 5.52. The lowest BCUT2D eigenvalue weighted by atomic mass is 10.0. The fraction of sp³-hybridized carbons (Fsp3) is 0.625. The van der Waals surface area contributed by atoms with E-state index in [0.717, 1.165) is 64.0 Å². The zero-order valence-electron chi connectivity index (χ0n) is 12.2. The summed E-state index contributed by atoms with van der Waals surface area (Å²) >= 11 is 0. The van der Waals surface area contributed by atoms with E-state index in [-0.39, 0.29) is 0 Å². The minimum Gasteiger partial charge on any atom is -0.301 e. The third-order valence-corrected chi connectivity index (χ3v) is 3.87. The maximum Gasteiger partial charge on any atom is 0.416 e. The molecule has 0 N–H and O–H groups in total. The molecule has 0 spiro atoms. The summed E-state index contributed by atoms with van der Waals surface area (Å²) in [5.41, 5.74) is 0.418. The van der Waals surface area contributed by atoms with Gasteiger partial charge in [0.15, 0.2) is 0 Å². The summed E-state index contributed by atoms with van der Waals surface area (Å²) < 4.78 is 37.3. The third kappa shape index (κ3) is 5.67. The van der Waals surface area contributed by atoms with Gasteiger partial charge in [-0.05, 0) is 43.5 Å². The largest absolute Gasteiger partial charge is 0.416 e. The number of rotatable bonds is 6. The lowest BCUT2D eigenvalue weighted by Crippen LogP contribution is -2.40. The van der Waals surface area contributed by atoms with E-state index in [4.69, 9.17) is 0 Å². The molecule has 0 amide bonds. The molecule has 2 rings (SSSR count). The number of nitrogens with zero attached hydrogens (tertiary/aromatic N) is 2. The first-order valence-corrected chi connectivity index (χ1v) is 7.57. The number of unbranched alkanes of at least 4 members (excludes halogenated alkanes) is 2. The molecule has 1 fully saturated rings. The number of hydrogen-bond acceptors (Lipinski definition) is 1. The van der Waals surface area contributed by atoms with Crippen LogP contribution in [0.2, 0.25) is 0 Å². The first-order valence-electron chi connectivity index (χ1n) is 7.57. The third-order valence-electron chi connectivity index (χ3n) is 3.87. The molecule has 5 heteroatoms. The Hall–Kier alpha value is -1.07. The fourth-order valence-corrected chi connectivity index (χ4v) is 2.57. The van der Waals surface area contributed by atoms with Gasteiger partial charge in [0.25, 0.3) is 0 Å². The van der Waals surface area contributed by atoms with E-state index in [1.807, 2.05) is 0 Å². The number of hydrogen-bond donors (Lipinski definition) is 0. The lowest BCUT2D eigenvalue weighted by Gasteiger charge is -2.26. The molecule has 0 saturated carbocycles. The van der Waals surface area contributed by atoms with Crippen LogP contribution in [-0.2, 0) is 12.6 Å². The normalized spacial score (nSPS) is 17.1. The summed E-state index contributed by atoms with van der Waals surface area (Å²) in [5.74, 6) is 0. The highest BCUT2D eigenvalue weighted by molar-refractivity contribution is 5.24. The van der Waals surface area contributed by atoms with E-state index >= 15 is 0 Å². The van der Waals surface area contributed by atoms with Crippen molar-refractivity contribution in [3.63, 3.8) is 0 Å². The molecule has 21 heavy (non-hydrogen) atoms. The maximum absolute atomic E-state index is 12.4. The van der Waals surface area contributed by atoms with Gasteiger partial charge in [-0.2, -0.15) is 13.2 Å². The van der Waals surface area contributed by atoms with E-state index < -0.39 is 11.7 Å². The molecule has 1 aliphatic rings. The van der Waals surface area contributed by atoms with Crippen molar-refractivity contribution in [1.29, 1.82) is 0 Å². The zero-order valence-corrected chi connectivity index (χ0v) is 12.2. The predicted octanol–water partition coefficient (Wildman–Crippen LogP) is 3.34. The van der Waals surface area contributed by atoms with E-state index in [1.54, 1.807) is 12.1 Å². The van der Waals surface area contributed by atoms with Crippen molar-refractivity contribution in [2.24, 2.45) is 0 Å². The number of benzene rings is 1. The van der Waals surface area contributed by atoms with Crippen molar-refractivity contribution < 1.29 is 13.2 Å². The molecular formula is C16H22F3N2. The smallest absolute Gasteiger partial charge is 0.301 e. The molecule has 1 saturated heterocycles. The van der Waals surface area contributed by atoms with Crippen LogP contribution >= 0.6 is 0 Å². The summed E-state index contributed by atoms with van der Waals surface area (Å²) in [4.78, 5) is 2.44. The minimum absolute atomic E-state index is 0.568. The molecule has 1 aromatic rings. The summed E-state index contributed by atoms with van der Waals surface area (Å²) in [5, 5.41) is 4.31. The number of halogens is 3. The molecule has 0 bridgehead atoms. The number of aryl methyl sites for hydroxylation is 1. The molecule has 1 aromatic carbocycles. The van der Waals surface area contributed by atoms with Crippen LogP contribution in [0.5, 0.6) is 0 Å². The van der Waals surface area contributed by atoms with Gasteiger partial charge in [-0.3, -0.25) is 0 Å². The van der Waals surface area contributed by atoms with E-state index in [0.29, 0.717) is 0 Å². The number of piperazine rings is 1. The minimum atomic E-state index is -4.24. The van der Waals surface area contributed by atoms with Gasteiger partial charge in [0.1, 0.15) is 0 Å². The maximum atomic E-state index is 12.4. The molecule has 0 unspecified atom stereocenters. The standard InChI is InChI=1S/C16H22F3N2/c17-16(18,19)15-7-5-14(6-8-15)4-2-1-3-11-21-12-9-20-10-13-21/h5-8H,1-4,9-13H2. The summed E-state index contributed by atoms with van der Waals surface area (Å²) in [6, 6.07) is 5.53. The first kappa shape index (κ1) is 16.3. The van der Waals surface area contributed by atoms with Crippen molar-refractivity contribution in [2.45, 2.75) is 31.9 Å².